The molecule has 0 bridgehead atoms. The molecular weight excluding hydrogens is 551 g/mol. The lowest BCUT2D eigenvalue weighted by Gasteiger charge is -2.37. The van der Waals surface area contributed by atoms with Crippen LogP contribution in [0.25, 0.3) is 21.8 Å². The van der Waals surface area contributed by atoms with Gasteiger partial charge < -0.3 is 9.09 Å². The van der Waals surface area contributed by atoms with Crippen LogP contribution >= 0.6 is 34.8 Å². The van der Waals surface area contributed by atoms with Crippen molar-refractivity contribution < 1.29 is 4.52 Å². The molecule has 1 aromatic heterocycles. The molecule has 6 heteroatoms. The molecule has 0 aliphatic heterocycles. The largest absolute Gasteiger partial charge is 0.455 e. The Morgan fingerprint density at radius 3 is 2.22 bits per heavy atom. The van der Waals surface area contributed by atoms with Crippen LogP contribution < -0.4 is 9.83 Å². The molecule has 0 radical (unpaired) electrons. The van der Waals surface area contributed by atoms with Gasteiger partial charge in [-0.15, -0.1) is 0 Å². The molecule has 1 atom stereocenters. The van der Waals surface area contributed by atoms with Gasteiger partial charge in [0.1, 0.15) is 5.75 Å². The lowest BCUT2D eigenvalue weighted by molar-refractivity contribution is 0.571. The van der Waals surface area contributed by atoms with Crippen molar-refractivity contribution in [2.24, 2.45) is 4.74 Å². The van der Waals surface area contributed by atoms with Crippen LogP contribution in [0, 0.1) is 0 Å². The fourth-order valence-electron chi connectivity index (χ4n) is 4.71. The topological polar surface area (TPSA) is 26.5 Å². The minimum Gasteiger partial charge on any atom is -0.455 e. The van der Waals surface area contributed by atoms with Crippen LogP contribution in [0.4, 0.5) is 5.69 Å². The number of rotatable bonds is 5. The van der Waals surface area contributed by atoms with Gasteiger partial charge in [0.05, 0.1) is 10.7 Å². The second-order valence-electron chi connectivity index (χ2n) is 9.81. The number of halogens is 2. The Balaban J connectivity index is 1.85. The molecule has 36 heavy (non-hydrogen) atoms. The zero-order chi connectivity index (χ0) is 25.5. The van der Waals surface area contributed by atoms with Gasteiger partial charge in [-0.25, -0.2) is 4.74 Å². The van der Waals surface area contributed by atoms with Gasteiger partial charge >= 0.3 is 0 Å². The Labute approximate surface area is 226 Å². The first kappa shape index (κ1) is 25.1. The van der Waals surface area contributed by atoms with E-state index in [0.717, 1.165) is 27.8 Å². The second-order valence-corrected chi connectivity index (χ2v) is 14.5. The normalized spacial score (nSPS) is 13.6. The Kier molecular flexibility index (Phi) is 6.80. The van der Waals surface area contributed by atoms with Gasteiger partial charge in [0.15, 0.2) is 7.28 Å². The highest BCUT2D eigenvalue weighted by Crippen LogP contribution is 2.62. The molecule has 0 spiro atoms. The molecule has 0 aliphatic rings. The minimum atomic E-state index is -2.68. The van der Waals surface area contributed by atoms with Gasteiger partial charge in [0.2, 0.25) is 0 Å². The predicted octanol–water partition coefficient (Wildman–Crippen LogP) is 10.2. The summed E-state index contributed by atoms with van der Waals surface area (Å²) in [5.41, 5.74) is 3.20. The lowest BCUT2D eigenvalue weighted by Crippen LogP contribution is -2.27. The molecule has 0 unspecified atom stereocenters. The van der Waals surface area contributed by atoms with Gasteiger partial charge in [0.25, 0.3) is 0 Å². The fraction of sp³-hybridized carbons (Fsp3) is 0.200. The highest BCUT2D eigenvalue weighted by Gasteiger charge is 2.39. The first-order chi connectivity index (χ1) is 17.2. The first-order valence-electron chi connectivity index (χ1n) is 12.1. The molecule has 4 aromatic carbocycles. The Bertz CT molecular complexity index is 1620. The summed E-state index contributed by atoms with van der Waals surface area (Å²) in [6, 6.07) is 31.1. The van der Waals surface area contributed by atoms with Crippen LogP contribution in [-0.4, -0.2) is 9.72 Å². The summed E-state index contributed by atoms with van der Waals surface area (Å²) in [4.78, 5) is 0. The average molecular weight is 580 g/mol. The molecule has 1 heterocycles. The Morgan fingerprint density at radius 1 is 0.861 bits per heavy atom. The number of nitrogens with zero attached hydrogens (tertiary/aromatic N) is 2. The van der Waals surface area contributed by atoms with Gasteiger partial charge in [0, 0.05) is 43.3 Å². The predicted molar refractivity (Wildman–Crippen MR) is 160 cm³/mol. The highest BCUT2D eigenvalue weighted by atomic mass is 79.9. The molecule has 0 N–H and O–H groups in total. The molecule has 0 amide bonds. The van der Waals surface area contributed by atoms with E-state index in [1.807, 2.05) is 48.5 Å². The van der Waals surface area contributed by atoms with E-state index in [-0.39, 0.29) is 5.16 Å². The lowest BCUT2D eigenvalue weighted by atomic mass is 10.1. The van der Waals surface area contributed by atoms with Crippen molar-refractivity contribution >= 4 is 67.6 Å². The van der Waals surface area contributed by atoms with E-state index in [4.69, 9.17) is 20.9 Å². The molecule has 0 fully saturated rings. The molecule has 184 valence electrons. The third-order valence-corrected chi connectivity index (χ3v) is 11.1. The molecule has 3 nitrogen and oxygen atoms in total. The number of hydrogen-bond acceptors (Lipinski definition) is 2. The third-order valence-electron chi connectivity index (χ3n) is 6.48. The second kappa shape index (κ2) is 9.74. The number of aromatic nitrogens is 1. The van der Waals surface area contributed by atoms with E-state index in [0.29, 0.717) is 5.02 Å². The standard InChI is InChI=1S/C30H29BrClN2OP/c1-5-34-28-13-9-6-10-24(28)25-20-23(18-19-29(25)34)36(30(2,3)4,33-27-12-8-7-11-26(27)32)35-22-16-14-21(31)15-17-22/h6-20H,5H2,1-4H3/t36-/m1/s1. The Morgan fingerprint density at radius 2 is 1.53 bits per heavy atom. The van der Waals surface area contributed by atoms with Crippen molar-refractivity contribution in [3.05, 3.63) is 100 Å². The maximum atomic E-state index is 7.02. The number of fused-ring (bicyclic) bond motifs is 3. The first-order valence-corrected chi connectivity index (χ1v) is 14.9. The summed E-state index contributed by atoms with van der Waals surface area (Å²) >= 11 is 10.2. The minimum absolute atomic E-state index is 0.309. The summed E-state index contributed by atoms with van der Waals surface area (Å²) in [5.74, 6) is 0.786. The van der Waals surface area contributed by atoms with Gasteiger partial charge in [-0.05, 0) is 67.6 Å². The quantitative estimate of drug-likeness (QED) is 0.190. The van der Waals surface area contributed by atoms with E-state index in [1.54, 1.807) is 0 Å². The van der Waals surface area contributed by atoms with Crippen LogP contribution in [0.2, 0.25) is 5.02 Å². The fourth-order valence-corrected chi connectivity index (χ4v) is 8.31. The number of benzene rings is 4. The monoisotopic (exact) mass is 578 g/mol. The average Bonchev–Trinajstić information content (AvgIpc) is 3.18. The van der Waals surface area contributed by atoms with Crippen LogP contribution in [-0.2, 0) is 6.54 Å². The maximum absolute atomic E-state index is 7.02. The molecule has 5 rings (SSSR count). The van der Waals surface area contributed by atoms with Crippen molar-refractivity contribution in [3.63, 3.8) is 0 Å². The van der Waals surface area contributed by atoms with E-state index in [2.05, 4.69) is 90.7 Å². The van der Waals surface area contributed by atoms with Crippen LogP contribution in [0.1, 0.15) is 27.7 Å². The summed E-state index contributed by atoms with van der Waals surface area (Å²) in [7, 11) is -2.68. The van der Waals surface area contributed by atoms with Gasteiger partial charge in [-0.2, -0.15) is 0 Å². The van der Waals surface area contributed by atoms with Gasteiger partial charge in [-0.3, -0.25) is 0 Å². The van der Waals surface area contributed by atoms with Gasteiger partial charge in [-0.1, -0.05) is 78.6 Å². The molecule has 0 saturated carbocycles. The van der Waals surface area contributed by atoms with E-state index >= 15 is 0 Å². The van der Waals surface area contributed by atoms with Crippen molar-refractivity contribution in [1.29, 1.82) is 0 Å². The van der Waals surface area contributed by atoms with Crippen molar-refractivity contribution in [1.82, 2.24) is 4.57 Å². The zero-order valence-corrected chi connectivity index (χ0v) is 24.1. The van der Waals surface area contributed by atoms with E-state index in [9.17, 15) is 0 Å². The van der Waals surface area contributed by atoms with Crippen LogP contribution in [0.3, 0.4) is 0 Å². The van der Waals surface area contributed by atoms with E-state index in [1.165, 1.54) is 21.8 Å². The number of aryl methyl sites for hydroxylation is 1. The van der Waals surface area contributed by atoms with E-state index < -0.39 is 7.28 Å². The van der Waals surface area contributed by atoms with Crippen LogP contribution in [0.5, 0.6) is 5.75 Å². The smallest absolute Gasteiger partial charge is 0.173 e. The molecule has 0 saturated heterocycles. The summed E-state index contributed by atoms with van der Waals surface area (Å²) in [5, 5.41) is 3.85. The Hall–Kier alpha value is -2.52. The SMILES string of the molecule is CCn1c2ccccc2c2cc([P@@](=Nc3ccccc3Cl)(Oc3ccc(Br)cc3)C(C)(C)C)ccc21. The van der Waals surface area contributed by atoms with Crippen LogP contribution in [0.15, 0.2) is 100 Å². The molecule has 5 aromatic rings. The zero-order valence-electron chi connectivity index (χ0n) is 20.9. The summed E-state index contributed by atoms with van der Waals surface area (Å²) < 4.78 is 15.8. The number of para-hydroxylation sites is 1. The summed E-state index contributed by atoms with van der Waals surface area (Å²) in [6.45, 7) is 9.72. The molecule has 0 aliphatic carbocycles. The maximum Gasteiger partial charge on any atom is 0.173 e. The highest BCUT2D eigenvalue weighted by molar-refractivity contribution is 9.10. The third kappa shape index (κ3) is 4.41. The molecular formula is C30H29BrClN2OP. The number of hydrogen-bond donors (Lipinski definition) is 0. The summed E-state index contributed by atoms with van der Waals surface area (Å²) in [6.07, 6.45) is 0. The van der Waals surface area contributed by atoms with Crippen molar-refractivity contribution in [2.75, 3.05) is 0 Å². The van der Waals surface area contributed by atoms with Crippen molar-refractivity contribution in [3.8, 4) is 5.75 Å². The van der Waals surface area contributed by atoms with Crippen molar-refractivity contribution in [2.45, 2.75) is 39.4 Å².